The summed E-state index contributed by atoms with van der Waals surface area (Å²) in [5.74, 6) is 0.282. The summed E-state index contributed by atoms with van der Waals surface area (Å²) in [5, 5.41) is 2.64. The number of hydrogen-bond donors (Lipinski definition) is 1. The SMILES string of the molecule is [2H]C([2H])([2H])Oc1cccc(CCNC(=O)OC(C)(C)C)c1. The molecule has 0 saturated carbocycles. The summed E-state index contributed by atoms with van der Waals surface area (Å²) in [7, 11) is -2.46. The van der Waals surface area contributed by atoms with Crippen LogP contribution in [-0.2, 0) is 11.2 Å². The lowest BCUT2D eigenvalue weighted by molar-refractivity contribution is 0.0528. The van der Waals surface area contributed by atoms with Gasteiger partial charge < -0.3 is 14.8 Å². The van der Waals surface area contributed by atoms with Gasteiger partial charge in [0.15, 0.2) is 0 Å². The molecule has 100 valence electrons. The van der Waals surface area contributed by atoms with Crippen LogP contribution in [0.25, 0.3) is 0 Å². The Hall–Kier alpha value is -1.71. The summed E-state index contributed by atoms with van der Waals surface area (Å²) < 4.78 is 31.1. The molecule has 0 heterocycles. The average Bonchev–Trinajstić information content (AvgIpc) is 2.24. The maximum absolute atomic E-state index is 11.5. The molecule has 4 heteroatoms. The lowest BCUT2D eigenvalue weighted by Gasteiger charge is -2.19. The zero-order chi connectivity index (χ0) is 16.1. The largest absolute Gasteiger partial charge is 0.497 e. The predicted molar refractivity (Wildman–Crippen MR) is 70.9 cm³/mol. The Morgan fingerprint density at radius 3 is 2.89 bits per heavy atom. The van der Waals surface area contributed by atoms with E-state index in [1.807, 2.05) is 6.07 Å². The number of ether oxygens (including phenoxy) is 2. The Balaban J connectivity index is 2.46. The van der Waals surface area contributed by atoms with Crippen molar-refractivity contribution < 1.29 is 18.4 Å². The number of hydrogen-bond acceptors (Lipinski definition) is 3. The number of carbonyl (C=O) groups excluding carboxylic acids is 1. The minimum absolute atomic E-state index is 0.282. The van der Waals surface area contributed by atoms with Crippen LogP contribution in [0.1, 0.15) is 30.4 Å². The molecule has 18 heavy (non-hydrogen) atoms. The van der Waals surface area contributed by atoms with Crippen molar-refractivity contribution in [3.63, 3.8) is 0 Å². The third-order valence-electron chi connectivity index (χ3n) is 2.10. The molecule has 1 aromatic rings. The fraction of sp³-hybridized carbons (Fsp3) is 0.500. The fourth-order valence-corrected chi connectivity index (χ4v) is 1.39. The first-order chi connectivity index (χ1) is 9.55. The monoisotopic (exact) mass is 254 g/mol. The van der Waals surface area contributed by atoms with E-state index in [1.165, 1.54) is 0 Å². The summed E-state index contributed by atoms with van der Waals surface area (Å²) in [6.07, 6.45) is 0.0784. The van der Waals surface area contributed by atoms with Crippen molar-refractivity contribution >= 4 is 6.09 Å². The Morgan fingerprint density at radius 1 is 1.44 bits per heavy atom. The maximum atomic E-state index is 11.5. The number of methoxy groups -OCH3 is 1. The Kier molecular flexibility index (Phi) is 3.57. The Labute approximate surface area is 113 Å². The van der Waals surface area contributed by atoms with Crippen molar-refractivity contribution in [2.45, 2.75) is 32.8 Å². The highest BCUT2D eigenvalue weighted by Gasteiger charge is 2.15. The lowest BCUT2D eigenvalue weighted by Crippen LogP contribution is -2.33. The van der Waals surface area contributed by atoms with Crippen LogP contribution in [0.5, 0.6) is 5.75 Å². The predicted octanol–water partition coefficient (Wildman–Crippen LogP) is 2.76. The van der Waals surface area contributed by atoms with Gasteiger partial charge in [-0.3, -0.25) is 0 Å². The summed E-state index contributed by atoms with van der Waals surface area (Å²) in [6, 6.07) is 6.77. The van der Waals surface area contributed by atoms with E-state index in [-0.39, 0.29) is 5.75 Å². The molecule has 0 aromatic heterocycles. The molecule has 0 atom stereocenters. The molecule has 1 rings (SSSR count). The van der Waals surface area contributed by atoms with Crippen molar-refractivity contribution in [3.8, 4) is 5.75 Å². The van der Waals surface area contributed by atoms with E-state index in [4.69, 9.17) is 13.6 Å². The van der Waals surface area contributed by atoms with E-state index in [0.717, 1.165) is 5.56 Å². The maximum Gasteiger partial charge on any atom is 0.407 e. The molecule has 0 spiro atoms. The molecule has 0 aliphatic heterocycles. The van der Waals surface area contributed by atoms with Crippen LogP contribution in [0.15, 0.2) is 24.3 Å². The molecule has 4 nitrogen and oxygen atoms in total. The van der Waals surface area contributed by atoms with Crippen LogP contribution >= 0.6 is 0 Å². The minimum Gasteiger partial charge on any atom is -0.497 e. The highest BCUT2D eigenvalue weighted by atomic mass is 16.6. The van der Waals surface area contributed by atoms with Gasteiger partial charge in [-0.15, -0.1) is 0 Å². The van der Waals surface area contributed by atoms with E-state index in [2.05, 4.69) is 5.32 Å². The molecule has 0 fully saturated rings. The van der Waals surface area contributed by atoms with Gasteiger partial charge in [0.25, 0.3) is 0 Å². The number of rotatable bonds is 4. The number of amides is 1. The second kappa shape index (κ2) is 6.28. The molecule has 1 amide bonds. The zero-order valence-electron chi connectivity index (χ0n) is 13.9. The van der Waals surface area contributed by atoms with Crippen LogP contribution in [0.3, 0.4) is 0 Å². The smallest absolute Gasteiger partial charge is 0.407 e. The van der Waals surface area contributed by atoms with Crippen LogP contribution in [0, 0.1) is 0 Å². The highest BCUT2D eigenvalue weighted by molar-refractivity contribution is 5.67. The van der Waals surface area contributed by atoms with E-state index in [0.29, 0.717) is 13.0 Å². The number of alkyl carbamates (subject to hydrolysis) is 1. The van der Waals surface area contributed by atoms with Gasteiger partial charge in [0.05, 0.1) is 11.2 Å². The molecule has 0 aliphatic rings. The molecule has 0 aliphatic carbocycles. The van der Waals surface area contributed by atoms with Crippen molar-refractivity contribution in [1.29, 1.82) is 0 Å². The summed E-state index contributed by atoms with van der Waals surface area (Å²) in [4.78, 5) is 11.5. The minimum atomic E-state index is -2.46. The third kappa shape index (κ3) is 5.57. The summed E-state index contributed by atoms with van der Waals surface area (Å²) in [6.45, 7) is 5.78. The van der Waals surface area contributed by atoms with Crippen LogP contribution < -0.4 is 10.1 Å². The number of nitrogens with one attached hydrogen (secondary N) is 1. The first-order valence-corrected chi connectivity index (χ1v) is 5.80. The normalized spacial score (nSPS) is 14.1. The quantitative estimate of drug-likeness (QED) is 0.898. The van der Waals surface area contributed by atoms with E-state index < -0.39 is 18.7 Å². The Bertz CT molecular complexity index is 481. The van der Waals surface area contributed by atoms with Gasteiger partial charge in [0.1, 0.15) is 11.4 Å². The van der Waals surface area contributed by atoms with Gasteiger partial charge in [-0.05, 0) is 44.9 Å². The van der Waals surface area contributed by atoms with Crippen molar-refractivity contribution in [2.75, 3.05) is 13.6 Å². The van der Waals surface area contributed by atoms with Gasteiger partial charge in [-0.2, -0.15) is 0 Å². The topological polar surface area (TPSA) is 47.6 Å². The van der Waals surface area contributed by atoms with Gasteiger partial charge in [0, 0.05) is 6.54 Å². The van der Waals surface area contributed by atoms with Gasteiger partial charge in [-0.25, -0.2) is 4.79 Å². The summed E-state index contributed by atoms with van der Waals surface area (Å²) >= 11 is 0. The van der Waals surface area contributed by atoms with Gasteiger partial charge in [0.2, 0.25) is 0 Å². The Morgan fingerprint density at radius 2 is 2.22 bits per heavy atom. The summed E-state index contributed by atoms with van der Waals surface area (Å²) in [5.41, 5.74) is 0.338. The van der Waals surface area contributed by atoms with Crippen LogP contribution in [0.2, 0.25) is 0 Å². The molecule has 0 radical (unpaired) electrons. The lowest BCUT2D eigenvalue weighted by atomic mass is 10.1. The van der Waals surface area contributed by atoms with Crippen molar-refractivity contribution in [3.05, 3.63) is 29.8 Å². The second-order valence-corrected chi connectivity index (χ2v) is 4.93. The van der Waals surface area contributed by atoms with E-state index >= 15 is 0 Å². The molecule has 1 N–H and O–H groups in total. The highest BCUT2D eigenvalue weighted by Crippen LogP contribution is 2.12. The van der Waals surface area contributed by atoms with Crippen molar-refractivity contribution in [2.24, 2.45) is 0 Å². The number of carbonyl (C=O) groups is 1. The van der Waals surface area contributed by atoms with Gasteiger partial charge in [-0.1, -0.05) is 12.1 Å². The third-order valence-corrected chi connectivity index (χ3v) is 2.10. The molecule has 0 saturated heterocycles. The molecule has 0 unspecified atom stereocenters. The van der Waals surface area contributed by atoms with Crippen LogP contribution in [0.4, 0.5) is 4.79 Å². The molecular formula is C14H21NO3. The average molecular weight is 254 g/mol. The second-order valence-electron chi connectivity index (χ2n) is 4.93. The molecular weight excluding hydrogens is 230 g/mol. The van der Waals surface area contributed by atoms with E-state index in [9.17, 15) is 4.79 Å². The fourth-order valence-electron chi connectivity index (χ4n) is 1.39. The first kappa shape index (κ1) is 10.2. The zero-order valence-corrected chi connectivity index (χ0v) is 10.9. The van der Waals surface area contributed by atoms with Crippen molar-refractivity contribution in [1.82, 2.24) is 5.32 Å². The van der Waals surface area contributed by atoms with Gasteiger partial charge >= 0.3 is 6.09 Å². The molecule has 1 aromatic carbocycles. The van der Waals surface area contributed by atoms with Crippen LogP contribution in [-0.4, -0.2) is 25.3 Å². The van der Waals surface area contributed by atoms with E-state index in [1.54, 1.807) is 39.0 Å². The first-order valence-electron chi connectivity index (χ1n) is 7.30. The molecule has 0 bridgehead atoms. The standard InChI is InChI=1S/C14H21NO3/c1-14(2,3)18-13(16)15-9-8-11-6-5-7-12(10-11)17-4/h5-7,10H,8-9H2,1-4H3,(H,15,16)/i4D3. The number of benzene rings is 1.